The highest BCUT2D eigenvalue weighted by Crippen LogP contribution is 2.34. The number of hydrogen-bond donors (Lipinski definition) is 2. The lowest BCUT2D eigenvalue weighted by atomic mass is 9.83. The van der Waals surface area contributed by atoms with Crippen molar-refractivity contribution in [3.63, 3.8) is 0 Å². The van der Waals surface area contributed by atoms with Crippen molar-refractivity contribution >= 4 is 5.91 Å². The maximum absolute atomic E-state index is 11.3. The zero-order chi connectivity index (χ0) is 16.2. The van der Waals surface area contributed by atoms with E-state index in [0.717, 1.165) is 29.7 Å². The molecule has 1 unspecified atom stereocenters. The first kappa shape index (κ1) is 15.5. The Bertz CT molecular complexity index is 688. The topological polar surface area (TPSA) is 85.4 Å². The lowest BCUT2D eigenvalue weighted by Crippen LogP contribution is -2.36. The van der Waals surface area contributed by atoms with E-state index in [4.69, 9.17) is 10.5 Å². The molecule has 120 valence electrons. The Labute approximate surface area is 135 Å². The van der Waals surface area contributed by atoms with Crippen LogP contribution in [0.4, 0.5) is 0 Å². The zero-order valence-electron chi connectivity index (χ0n) is 12.8. The number of nitrogens with zero attached hydrogens (tertiary/aromatic N) is 1. The number of carbonyl (C=O) groups excluding carboxylic acids is 1. The number of nitrogens with two attached hydrogens (primary N) is 1. The predicted octanol–water partition coefficient (Wildman–Crippen LogP) is 1.93. The second kappa shape index (κ2) is 6.79. The lowest BCUT2D eigenvalue weighted by molar-refractivity contribution is -0.127. The van der Waals surface area contributed by atoms with Gasteiger partial charge in [0.05, 0.1) is 11.9 Å². The summed E-state index contributed by atoms with van der Waals surface area (Å²) in [6.45, 7) is 0.481. The van der Waals surface area contributed by atoms with Crippen LogP contribution in [0.5, 0.6) is 5.75 Å². The molecule has 5 heteroatoms. The van der Waals surface area contributed by atoms with Crippen molar-refractivity contribution in [2.24, 2.45) is 5.73 Å². The molecule has 5 nitrogen and oxygen atoms in total. The Balaban J connectivity index is 1.75. The van der Waals surface area contributed by atoms with E-state index >= 15 is 0 Å². The molecule has 1 heterocycles. The fourth-order valence-electron chi connectivity index (χ4n) is 3.01. The lowest BCUT2D eigenvalue weighted by Gasteiger charge is -2.27. The SMILES string of the molecule is NC(=O)C(O)[C@@H]1CCCc2cc(OCc3ccccc3)cnc21. The Morgan fingerprint density at radius 1 is 1.39 bits per heavy atom. The average Bonchev–Trinajstić information content (AvgIpc) is 2.59. The summed E-state index contributed by atoms with van der Waals surface area (Å²) in [7, 11) is 0. The first-order valence-corrected chi connectivity index (χ1v) is 7.78. The molecule has 1 aliphatic rings. The summed E-state index contributed by atoms with van der Waals surface area (Å²) in [6.07, 6.45) is 2.94. The Morgan fingerprint density at radius 2 is 2.17 bits per heavy atom. The summed E-state index contributed by atoms with van der Waals surface area (Å²) in [5, 5.41) is 9.97. The van der Waals surface area contributed by atoms with Gasteiger partial charge in [0.15, 0.2) is 0 Å². The third-order valence-electron chi connectivity index (χ3n) is 4.21. The van der Waals surface area contributed by atoms with Gasteiger partial charge >= 0.3 is 0 Å². The van der Waals surface area contributed by atoms with Gasteiger partial charge < -0.3 is 15.6 Å². The maximum Gasteiger partial charge on any atom is 0.246 e. The number of aliphatic hydroxyl groups excluding tert-OH is 1. The molecule has 1 aliphatic carbocycles. The summed E-state index contributed by atoms with van der Waals surface area (Å²) in [6, 6.07) is 11.9. The number of rotatable bonds is 5. The van der Waals surface area contributed by atoms with Crippen molar-refractivity contribution in [3.05, 3.63) is 59.4 Å². The van der Waals surface area contributed by atoms with Crippen molar-refractivity contribution in [3.8, 4) is 5.75 Å². The molecule has 3 rings (SSSR count). The second-order valence-electron chi connectivity index (χ2n) is 5.84. The molecule has 0 aliphatic heterocycles. The fourth-order valence-corrected chi connectivity index (χ4v) is 3.01. The number of primary amides is 1. The first-order valence-electron chi connectivity index (χ1n) is 7.78. The van der Waals surface area contributed by atoms with E-state index in [2.05, 4.69) is 4.98 Å². The first-order chi connectivity index (χ1) is 11.1. The largest absolute Gasteiger partial charge is 0.487 e. The van der Waals surface area contributed by atoms with Gasteiger partial charge in [-0.05, 0) is 36.5 Å². The van der Waals surface area contributed by atoms with Crippen LogP contribution in [-0.4, -0.2) is 22.1 Å². The van der Waals surface area contributed by atoms with Crippen molar-refractivity contribution in [2.45, 2.75) is 37.9 Å². The third-order valence-corrected chi connectivity index (χ3v) is 4.21. The van der Waals surface area contributed by atoms with Gasteiger partial charge in [-0.1, -0.05) is 30.3 Å². The number of aromatic nitrogens is 1. The molecule has 0 saturated carbocycles. The molecule has 2 aromatic rings. The van der Waals surface area contributed by atoms with Crippen molar-refractivity contribution in [1.29, 1.82) is 0 Å². The maximum atomic E-state index is 11.3. The molecule has 1 aromatic carbocycles. The van der Waals surface area contributed by atoms with Crippen LogP contribution in [-0.2, 0) is 17.8 Å². The van der Waals surface area contributed by atoms with Crippen LogP contribution in [0, 0.1) is 0 Å². The fraction of sp³-hybridized carbons (Fsp3) is 0.333. The highest BCUT2D eigenvalue weighted by Gasteiger charge is 2.31. The van der Waals surface area contributed by atoms with Crippen LogP contribution in [0.1, 0.15) is 35.6 Å². The van der Waals surface area contributed by atoms with E-state index in [9.17, 15) is 9.90 Å². The minimum absolute atomic E-state index is 0.320. The van der Waals surface area contributed by atoms with Crippen LogP contribution in [0.25, 0.3) is 0 Å². The van der Waals surface area contributed by atoms with Crippen molar-refractivity contribution < 1.29 is 14.6 Å². The zero-order valence-corrected chi connectivity index (χ0v) is 12.8. The molecule has 0 spiro atoms. The Kier molecular flexibility index (Phi) is 4.57. The number of ether oxygens (including phenoxy) is 1. The van der Waals surface area contributed by atoms with E-state index < -0.39 is 12.0 Å². The van der Waals surface area contributed by atoms with Crippen LogP contribution in [0.3, 0.4) is 0 Å². The van der Waals surface area contributed by atoms with Crippen molar-refractivity contribution in [1.82, 2.24) is 4.98 Å². The van der Waals surface area contributed by atoms with Crippen LogP contribution >= 0.6 is 0 Å². The van der Waals surface area contributed by atoms with Gasteiger partial charge in [0.2, 0.25) is 5.91 Å². The van der Waals surface area contributed by atoms with E-state index in [0.29, 0.717) is 18.8 Å². The number of fused-ring (bicyclic) bond motifs is 1. The highest BCUT2D eigenvalue weighted by atomic mass is 16.5. The van der Waals surface area contributed by atoms with E-state index in [1.54, 1.807) is 6.20 Å². The highest BCUT2D eigenvalue weighted by molar-refractivity contribution is 5.79. The standard InChI is InChI=1S/C18H20N2O3/c19-18(22)17(21)15-8-4-7-13-9-14(10-20-16(13)15)23-11-12-5-2-1-3-6-12/h1-3,5-6,9-10,15,17,21H,4,7-8,11H2,(H2,19,22)/t15-,17?/m1/s1. The van der Waals surface area contributed by atoms with Crippen LogP contribution < -0.4 is 10.5 Å². The molecular weight excluding hydrogens is 292 g/mol. The molecule has 0 radical (unpaired) electrons. The molecule has 0 bridgehead atoms. The average molecular weight is 312 g/mol. The van der Waals surface area contributed by atoms with Gasteiger partial charge in [-0.2, -0.15) is 0 Å². The van der Waals surface area contributed by atoms with Crippen LogP contribution in [0.15, 0.2) is 42.6 Å². The molecule has 1 aromatic heterocycles. The Hall–Kier alpha value is -2.40. The van der Waals surface area contributed by atoms with Crippen LogP contribution in [0.2, 0.25) is 0 Å². The molecule has 1 amide bonds. The smallest absolute Gasteiger partial charge is 0.246 e. The van der Waals surface area contributed by atoms with E-state index in [-0.39, 0.29) is 5.92 Å². The molecule has 3 N–H and O–H groups in total. The normalized spacial score (nSPS) is 18.0. The summed E-state index contributed by atoms with van der Waals surface area (Å²) < 4.78 is 5.78. The van der Waals surface area contributed by atoms with E-state index in [1.807, 2.05) is 36.4 Å². The Morgan fingerprint density at radius 3 is 2.91 bits per heavy atom. The molecular formula is C18H20N2O3. The van der Waals surface area contributed by atoms with Gasteiger partial charge in [0.1, 0.15) is 18.5 Å². The second-order valence-corrected chi connectivity index (χ2v) is 5.84. The number of aryl methyl sites for hydroxylation is 1. The quantitative estimate of drug-likeness (QED) is 0.883. The molecule has 0 saturated heterocycles. The molecule has 23 heavy (non-hydrogen) atoms. The summed E-state index contributed by atoms with van der Waals surface area (Å²) >= 11 is 0. The van der Waals surface area contributed by atoms with Gasteiger partial charge in [-0.25, -0.2) is 0 Å². The van der Waals surface area contributed by atoms with E-state index in [1.165, 1.54) is 0 Å². The number of amides is 1. The number of hydrogen-bond acceptors (Lipinski definition) is 4. The van der Waals surface area contributed by atoms with Gasteiger partial charge in [-0.3, -0.25) is 9.78 Å². The predicted molar refractivity (Wildman–Crippen MR) is 85.9 cm³/mol. The summed E-state index contributed by atoms with van der Waals surface area (Å²) in [5.74, 6) is -0.324. The van der Waals surface area contributed by atoms with Gasteiger partial charge in [0.25, 0.3) is 0 Å². The minimum Gasteiger partial charge on any atom is -0.487 e. The third kappa shape index (κ3) is 3.51. The summed E-state index contributed by atoms with van der Waals surface area (Å²) in [4.78, 5) is 15.7. The minimum atomic E-state index is -1.18. The monoisotopic (exact) mass is 312 g/mol. The number of pyridine rings is 1. The van der Waals surface area contributed by atoms with Gasteiger partial charge in [-0.15, -0.1) is 0 Å². The molecule has 0 fully saturated rings. The number of benzene rings is 1. The molecule has 2 atom stereocenters. The van der Waals surface area contributed by atoms with Crippen molar-refractivity contribution in [2.75, 3.05) is 0 Å². The van der Waals surface area contributed by atoms with Gasteiger partial charge in [0, 0.05) is 5.92 Å². The summed E-state index contributed by atoms with van der Waals surface area (Å²) in [5.41, 5.74) is 8.09. The number of aliphatic hydroxyl groups is 1. The number of carbonyl (C=O) groups is 1.